The Hall–Kier alpha value is -5.09. The number of rotatable bonds is 23. The van der Waals surface area contributed by atoms with Gasteiger partial charge in [0.1, 0.15) is 60.3 Å². The van der Waals surface area contributed by atoms with E-state index in [1.165, 1.54) is 30.7 Å². The number of aromatic hydroxyl groups is 1. The van der Waals surface area contributed by atoms with Gasteiger partial charge in [-0.3, -0.25) is 33.6 Å². The van der Waals surface area contributed by atoms with Crippen LogP contribution in [0.4, 0.5) is 0 Å². The second kappa shape index (κ2) is 31.5. The quantitative estimate of drug-likeness (QED) is 0.0489. The lowest BCUT2D eigenvalue weighted by molar-refractivity contribution is -0.149. The molecule has 1 aromatic rings. The van der Waals surface area contributed by atoms with Gasteiger partial charge in [-0.1, -0.05) is 77.8 Å². The zero-order valence-electron chi connectivity index (χ0n) is 44.9. The van der Waals surface area contributed by atoms with Crippen molar-refractivity contribution >= 4 is 41.4 Å². The molecule has 7 amide bonds. The van der Waals surface area contributed by atoms with E-state index < -0.39 is 146 Å². The number of ether oxygens (including phenoxy) is 1. The van der Waals surface area contributed by atoms with Gasteiger partial charge in [0.15, 0.2) is 6.23 Å². The lowest BCUT2D eigenvalue weighted by Gasteiger charge is -2.35. The second-order valence-corrected chi connectivity index (χ2v) is 21.1. The standard InChI is InChI=1S/C52H87N9O16/c1-5-28(2)24-29(3)12-10-8-6-7-9-11-13-39(68)55-34-26-38(67)50(77-23-21-54)59-49(74)43-37(66)19-22-60(43)52(76)41(36(65)18-20-53)57-48(73)42(45(70)44(69)31-14-16-32(63)17-15-31)58-47(72)35-25-33(64)27-61(35)51(75)40(30(4)62)56-46(34)71/h14-17,28-30,33-38,40-45,50,62-67,69-70H,5-13,18-27,53-54H2,1-4H3,(H,55,68)(H,56,71)(H,57,73)(H,58,72)(H,59,74)/t28?,29?,30-,33-,34+,35+,36-,37+,38-,40+,41+,42+,43+,44+,45+,50+/m1/s1. The van der Waals surface area contributed by atoms with Crippen molar-refractivity contribution in [2.45, 2.75) is 203 Å². The number of benzene rings is 1. The molecule has 17 N–H and O–H groups in total. The summed E-state index contributed by atoms with van der Waals surface area (Å²) < 4.78 is 5.73. The number of nitrogens with two attached hydrogens (primary N) is 2. The molecule has 0 spiro atoms. The number of unbranched alkanes of at least 4 members (excludes halogenated alkanes) is 5. The fraction of sp³-hybridized carbons (Fsp3) is 0.750. The lowest BCUT2D eigenvalue weighted by atomic mass is 9.91. The van der Waals surface area contributed by atoms with Gasteiger partial charge in [-0.05, 0) is 68.7 Å². The van der Waals surface area contributed by atoms with E-state index >= 15 is 0 Å². The number of carbonyl (C=O) groups excluding carboxylic acids is 7. The molecule has 0 bridgehead atoms. The summed E-state index contributed by atoms with van der Waals surface area (Å²) in [6, 6.07) is -6.54. The molecule has 3 aliphatic heterocycles. The van der Waals surface area contributed by atoms with Crippen molar-refractivity contribution in [2.75, 3.05) is 32.8 Å². The van der Waals surface area contributed by atoms with Crippen molar-refractivity contribution in [3.8, 4) is 5.75 Å². The van der Waals surface area contributed by atoms with Gasteiger partial charge in [0.25, 0.3) is 0 Å². The molecule has 436 valence electrons. The highest BCUT2D eigenvalue weighted by Gasteiger charge is 2.49. The van der Waals surface area contributed by atoms with Crippen LogP contribution in [0.25, 0.3) is 0 Å². The minimum absolute atomic E-state index is 0.0414. The number of phenolic OH excluding ortho intramolecular Hbond substituents is 1. The molecule has 0 aromatic heterocycles. The smallest absolute Gasteiger partial charge is 0.248 e. The van der Waals surface area contributed by atoms with Gasteiger partial charge in [-0.25, -0.2) is 0 Å². The van der Waals surface area contributed by atoms with Crippen LogP contribution in [0.5, 0.6) is 5.75 Å². The van der Waals surface area contributed by atoms with Crippen LogP contribution < -0.4 is 38.1 Å². The Morgan fingerprint density at radius 2 is 1.35 bits per heavy atom. The molecular formula is C52H87N9O16. The average molecular weight is 1090 g/mol. The molecule has 3 aliphatic rings. The fourth-order valence-corrected chi connectivity index (χ4v) is 10.1. The molecule has 1 aromatic carbocycles. The van der Waals surface area contributed by atoms with E-state index in [4.69, 9.17) is 16.2 Å². The summed E-state index contributed by atoms with van der Waals surface area (Å²) in [4.78, 5) is 102. The van der Waals surface area contributed by atoms with E-state index in [1.807, 2.05) is 0 Å². The monoisotopic (exact) mass is 1090 g/mol. The summed E-state index contributed by atoms with van der Waals surface area (Å²) in [6.45, 7) is 6.32. The van der Waals surface area contributed by atoms with Crippen molar-refractivity contribution in [3.05, 3.63) is 29.8 Å². The zero-order chi connectivity index (χ0) is 57.1. The molecular weight excluding hydrogens is 1010 g/mol. The first-order valence-electron chi connectivity index (χ1n) is 27.2. The predicted octanol–water partition coefficient (Wildman–Crippen LogP) is -2.88. The molecule has 3 fully saturated rings. The summed E-state index contributed by atoms with van der Waals surface area (Å²) in [6.07, 6.45) is -7.55. The van der Waals surface area contributed by atoms with Crippen LogP contribution in [-0.2, 0) is 38.3 Å². The average Bonchev–Trinajstić information content (AvgIpc) is 3.99. The van der Waals surface area contributed by atoms with Crippen LogP contribution in [0.1, 0.15) is 129 Å². The third kappa shape index (κ3) is 18.8. The number of carbonyl (C=O) groups is 7. The van der Waals surface area contributed by atoms with E-state index in [1.54, 1.807) is 0 Å². The van der Waals surface area contributed by atoms with Crippen molar-refractivity contribution in [1.29, 1.82) is 0 Å². The number of phenols is 1. The Labute approximate surface area is 450 Å². The number of hydrogen-bond donors (Lipinski definition) is 15. The van der Waals surface area contributed by atoms with Gasteiger partial charge in [-0.2, -0.15) is 0 Å². The molecule has 4 rings (SSSR count). The van der Waals surface area contributed by atoms with Crippen LogP contribution in [-0.4, -0.2) is 204 Å². The van der Waals surface area contributed by atoms with Crippen molar-refractivity contribution in [3.63, 3.8) is 0 Å². The molecule has 3 saturated heterocycles. The van der Waals surface area contributed by atoms with E-state index in [2.05, 4.69) is 47.4 Å². The Kier molecular flexibility index (Phi) is 26.4. The Balaban J connectivity index is 1.73. The van der Waals surface area contributed by atoms with Crippen LogP contribution in [0.2, 0.25) is 0 Å². The summed E-state index contributed by atoms with van der Waals surface area (Å²) in [7, 11) is 0. The fourth-order valence-electron chi connectivity index (χ4n) is 10.1. The maximum absolute atomic E-state index is 14.6. The third-order valence-electron chi connectivity index (χ3n) is 14.8. The molecule has 0 saturated carbocycles. The van der Waals surface area contributed by atoms with Gasteiger partial charge in [-0.15, -0.1) is 0 Å². The van der Waals surface area contributed by atoms with Gasteiger partial charge >= 0.3 is 0 Å². The number of aliphatic hydroxyl groups excluding tert-OH is 7. The summed E-state index contributed by atoms with van der Waals surface area (Å²) in [5, 5.41) is 101. The summed E-state index contributed by atoms with van der Waals surface area (Å²) in [5.41, 5.74) is 11.4. The number of hydrogen-bond acceptors (Lipinski definition) is 18. The van der Waals surface area contributed by atoms with E-state index in [-0.39, 0.29) is 56.8 Å². The SMILES string of the molecule is CCC(C)CC(C)CCCCCCCCC(=O)N[C@H]1C[C@@H](O)[C@H](OCCN)NC(=O)[C@@H]2[C@@H](O)CCN2C(=O)[C@H]([C@H](O)CCN)NC(=O)[C@H]([C@H](O)[C@@H](O)c2ccc(O)cc2)NC(=O)[C@@H]2C[C@@H](O)CN2C(=O)[C@H]([C@@H](C)O)NC1=O. The molecule has 77 heavy (non-hydrogen) atoms. The number of aliphatic hydroxyl groups is 7. The number of nitrogens with one attached hydrogen (secondary N) is 5. The van der Waals surface area contributed by atoms with Crippen molar-refractivity contribution in [1.82, 2.24) is 36.4 Å². The number of fused-ring (bicyclic) bond motifs is 2. The lowest BCUT2D eigenvalue weighted by Crippen LogP contribution is -2.64. The zero-order valence-corrected chi connectivity index (χ0v) is 44.9. The van der Waals surface area contributed by atoms with Gasteiger partial charge in [0, 0.05) is 38.9 Å². The molecule has 25 nitrogen and oxygen atoms in total. The Morgan fingerprint density at radius 3 is 1.99 bits per heavy atom. The number of nitrogens with zero attached hydrogens (tertiary/aromatic N) is 2. The Morgan fingerprint density at radius 1 is 0.727 bits per heavy atom. The van der Waals surface area contributed by atoms with Crippen molar-refractivity contribution in [2.24, 2.45) is 23.3 Å². The van der Waals surface area contributed by atoms with Crippen LogP contribution in [0.15, 0.2) is 24.3 Å². The molecule has 3 heterocycles. The highest BCUT2D eigenvalue weighted by atomic mass is 16.5. The van der Waals surface area contributed by atoms with E-state index in [9.17, 15) is 74.4 Å². The second-order valence-electron chi connectivity index (χ2n) is 21.1. The minimum atomic E-state index is -2.29. The third-order valence-corrected chi connectivity index (χ3v) is 14.8. The Bertz CT molecular complexity index is 2070. The van der Waals surface area contributed by atoms with Gasteiger partial charge in [0.2, 0.25) is 41.4 Å². The van der Waals surface area contributed by atoms with E-state index in [0.29, 0.717) is 24.7 Å². The molecule has 0 aliphatic carbocycles. The van der Waals surface area contributed by atoms with Crippen LogP contribution in [0.3, 0.4) is 0 Å². The summed E-state index contributed by atoms with van der Waals surface area (Å²) in [5.74, 6) is -6.60. The van der Waals surface area contributed by atoms with Crippen LogP contribution >= 0.6 is 0 Å². The van der Waals surface area contributed by atoms with E-state index in [0.717, 1.165) is 55.2 Å². The number of amides is 7. The van der Waals surface area contributed by atoms with Gasteiger partial charge in [0.05, 0.1) is 31.0 Å². The maximum atomic E-state index is 14.6. The predicted molar refractivity (Wildman–Crippen MR) is 278 cm³/mol. The van der Waals surface area contributed by atoms with Crippen molar-refractivity contribution < 1.29 is 79.2 Å². The molecule has 16 atom stereocenters. The first-order valence-corrected chi connectivity index (χ1v) is 27.2. The van der Waals surface area contributed by atoms with Gasteiger partial charge < -0.3 is 93.4 Å². The maximum Gasteiger partial charge on any atom is 0.248 e. The molecule has 0 radical (unpaired) electrons. The first kappa shape index (κ1) is 64.4. The largest absolute Gasteiger partial charge is 0.508 e. The molecule has 2 unspecified atom stereocenters. The minimum Gasteiger partial charge on any atom is -0.508 e. The summed E-state index contributed by atoms with van der Waals surface area (Å²) >= 11 is 0. The normalized spacial score (nSPS) is 28.6. The molecule has 25 heteroatoms. The van der Waals surface area contributed by atoms with Crippen LogP contribution in [0, 0.1) is 11.8 Å². The first-order chi connectivity index (χ1) is 36.5. The topological polar surface area (TPSA) is 409 Å². The highest BCUT2D eigenvalue weighted by Crippen LogP contribution is 2.27. The highest BCUT2D eigenvalue weighted by molar-refractivity contribution is 5.98.